The number of benzene rings is 1. The van der Waals surface area contributed by atoms with Crippen LogP contribution in [0, 0.1) is 0 Å². The van der Waals surface area contributed by atoms with Gasteiger partial charge in [-0.1, -0.05) is 23.7 Å². The van der Waals surface area contributed by atoms with Gasteiger partial charge in [-0.25, -0.2) is 9.78 Å². The summed E-state index contributed by atoms with van der Waals surface area (Å²) in [5.41, 5.74) is 0.323. The molecule has 0 spiro atoms. The first-order valence-electron chi connectivity index (χ1n) is 5.92. The van der Waals surface area contributed by atoms with E-state index in [1.165, 1.54) is 7.11 Å². The number of ether oxygens (including phenoxy) is 2. The molecule has 0 atom stereocenters. The largest absolute Gasteiger partial charge is 0.494 e. The Balaban J connectivity index is 2.80. The van der Waals surface area contributed by atoms with Gasteiger partial charge in [0, 0.05) is 5.39 Å². The number of nitrogens with zero attached hydrogens (tertiary/aromatic N) is 1. The molecule has 2 rings (SSSR count). The number of rotatable bonds is 4. The van der Waals surface area contributed by atoms with E-state index in [1.807, 2.05) is 0 Å². The zero-order chi connectivity index (χ0) is 14.7. The zero-order valence-electron chi connectivity index (χ0n) is 11.0. The van der Waals surface area contributed by atoms with Crippen LogP contribution in [0.15, 0.2) is 18.2 Å². The minimum absolute atomic E-state index is 0.0193. The average Bonchev–Trinajstić information content (AvgIpc) is 2.46. The number of aldehydes is 1. The lowest BCUT2D eigenvalue weighted by Gasteiger charge is -2.10. The molecule has 0 amide bonds. The lowest BCUT2D eigenvalue weighted by atomic mass is 10.1. The van der Waals surface area contributed by atoms with E-state index in [-0.39, 0.29) is 22.9 Å². The van der Waals surface area contributed by atoms with Crippen LogP contribution in [0.5, 0.6) is 5.75 Å². The summed E-state index contributed by atoms with van der Waals surface area (Å²) in [6.45, 7) is 1.85. The average molecular weight is 294 g/mol. The zero-order valence-corrected chi connectivity index (χ0v) is 11.7. The second-order valence-electron chi connectivity index (χ2n) is 3.88. The van der Waals surface area contributed by atoms with Crippen molar-refractivity contribution in [3.63, 3.8) is 0 Å². The summed E-state index contributed by atoms with van der Waals surface area (Å²) in [5, 5.41) is 0.702. The highest BCUT2D eigenvalue weighted by Gasteiger charge is 2.21. The van der Waals surface area contributed by atoms with Gasteiger partial charge >= 0.3 is 5.97 Å². The van der Waals surface area contributed by atoms with Crippen molar-refractivity contribution in [3.05, 3.63) is 34.5 Å². The summed E-state index contributed by atoms with van der Waals surface area (Å²) in [4.78, 5) is 27.2. The van der Waals surface area contributed by atoms with E-state index >= 15 is 0 Å². The summed E-state index contributed by atoms with van der Waals surface area (Å²) >= 11 is 6.19. The highest BCUT2D eigenvalue weighted by molar-refractivity contribution is 6.38. The van der Waals surface area contributed by atoms with Gasteiger partial charge < -0.3 is 9.47 Å². The molecule has 1 aromatic heterocycles. The third kappa shape index (κ3) is 2.32. The molecule has 20 heavy (non-hydrogen) atoms. The Labute approximate surface area is 120 Å². The second-order valence-corrected chi connectivity index (χ2v) is 4.26. The molecule has 1 heterocycles. The molecule has 0 N–H and O–H groups in total. The standard InChI is InChI=1S/C14H12ClNO4/c1-3-20-14(18)13-9(7-17)11(15)8-5-4-6-10(19-2)12(8)16-13/h4-7H,3H2,1-2H3. The first kappa shape index (κ1) is 14.3. The van der Waals surface area contributed by atoms with Crippen molar-refractivity contribution in [2.45, 2.75) is 6.92 Å². The van der Waals surface area contributed by atoms with Crippen LogP contribution in [0.4, 0.5) is 0 Å². The Morgan fingerprint density at radius 2 is 2.20 bits per heavy atom. The van der Waals surface area contributed by atoms with Gasteiger partial charge in [0.1, 0.15) is 11.3 Å². The Hall–Kier alpha value is -2.14. The maximum Gasteiger partial charge on any atom is 0.357 e. The van der Waals surface area contributed by atoms with E-state index in [1.54, 1.807) is 25.1 Å². The first-order chi connectivity index (χ1) is 9.63. The molecular weight excluding hydrogens is 282 g/mol. The van der Waals surface area contributed by atoms with Gasteiger partial charge in [0.05, 0.1) is 24.3 Å². The Kier molecular flexibility index (Phi) is 4.20. The molecule has 0 fully saturated rings. The fourth-order valence-electron chi connectivity index (χ4n) is 1.86. The normalized spacial score (nSPS) is 10.3. The highest BCUT2D eigenvalue weighted by Crippen LogP contribution is 2.32. The smallest absolute Gasteiger partial charge is 0.357 e. The van der Waals surface area contributed by atoms with Crippen LogP contribution >= 0.6 is 11.6 Å². The van der Waals surface area contributed by atoms with Gasteiger partial charge in [-0.2, -0.15) is 0 Å². The van der Waals surface area contributed by atoms with Crippen LogP contribution in [0.1, 0.15) is 27.8 Å². The van der Waals surface area contributed by atoms with Gasteiger partial charge in [0.2, 0.25) is 0 Å². The van der Waals surface area contributed by atoms with Crippen molar-refractivity contribution in [1.29, 1.82) is 0 Å². The molecule has 0 saturated heterocycles. The van der Waals surface area contributed by atoms with Crippen LogP contribution in [0.2, 0.25) is 5.02 Å². The SMILES string of the molecule is CCOC(=O)c1nc2c(OC)cccc2c(Cl)c1C=O. The molecule has 0 unspecified atom stereocenters. The summed E-state index contributed by atoms with van der Waals surface area (Å²) in [7, 11) is 1.49. The number of fused-ring (bicyclic) bond motifs is 1. The Bertz CT molecular complexity index is 684. The second kappa shape index (κ2) is 5.88. The van der Waals surface area contributed by atoms with E-state index in [4.69, 9.17) is 21.1 Å². The molecule has 0 saturated carbocycles. The van der Waals surface area contributed by atoms with Gasteiger partial charge in [-0.3, -0.25) is 4.79 Å². The molecule has 104 valence electrons. The number of carbonyl (C=O) groups excluding carboxylic acids is 2. The van der Waals surface area contributed by atoms with Gasteiger partial charge in [-0.05, 0) is 13.0 Å². The van der Waals surface area contributed by atoms with Crippen LogP contribution in [0.25, 0.3) is 10.9 Å². The van der Waals surface area contributed by atoms with E-state index in [9.17, 15) is 9.59 Å². The minimum Gasteiger partial charge on any atom is -0.494 e. The molecule has 0 radical (unpaired) electrons. The van der Waals surface area contributed by atoms with Crippen molar-refractivity contribution < 1.29 is 19.1 Å². The monoisotopic (exact) mass is 293 g/mol. The molecular formula is C14H12ClNO4. The van der Waals surface area contributed by atoms with Crippen LogP contribution in [0.3, 0.4) is 0 Å². The van der Waals surface area contributed by atoms with Crippen molar-refractivity contribution in [1.82, 2.24) is 4.98 Å². The maximum absolute atomic E-state index is 11.9. The topological polar surface area (TPSA) is 65.5 Å². The molecule has 0 aliphatic rings. The molecule has 0 aliphatic carbocycles. The summed E-state index contributed by atoms with van der Waals surface area (Å²) in [5.74, 6) is -0.225. The van der Waals surface area contributed by atoms with Gasteiger partial charge in [0.15, 0.2) is 12.0 Å². The molecule has 2 aromatic rings. The lowest BCUT2D eigenvalue weighted by Crippen LogP contribution is -2.11. The van der Waals surface area contributed by atoms with Crippen molar-refractivity contribution in [2.24, 2.45) is 0 Å². The molecule has 6 heteroatoms. The highest BCUT2D eigenvalue weighted by atomic mass is 35.5. The Morgan fingerprint density at radius 1 is 1.45 bits per heavy atom. The molecule has 0 aliphatic heterocycles. The quantitative estimate of drug-likeness (QED) is 0.640. The lowest BCUT2D eigenvalue weighted by molar-refractivity contribution is 0.0517. The third-order valence-corrected chi connectivity index (χ3v) is 3.16. The molecule has 1 aromatic carbocycles. The van der Waals surface area contributed by atoms with E-state index < -0.39 is 5.97 Å². The van der Waals surface area contributed by atoms with Crippen molar-refractivity contribution >= 4 is 34.8 Å². The number of esters is 1. The molecule has 0 bridgehead atoms. The number of hydrogen-bond acceptors (Lipinski definition) is 5. The minimum atomic E-state index is -0.690. The van der Waals surface area contributed by atoms with Gasteiger partial charge in [0.25, 0.3) is 0 Å². The maximum atomic E-state index is 11.9. The van der Waals surface area contributed by atoms with E-state index in [0.29, 0.717) is 22.9 Å². The Morgan fingerprint density at radius 3 is 2.80 bits per heavy atom. The number of para-hydroxylation sites is 1. The first-order valence-corrected chi connectivity index (χ1v) is 6.30. The van der Waals surface area contributed by atoms with Gasteiger partial charge in [-0.15, -0.1) is 0 Å². The third-order valence-electron chi connectivity index (χ3n) is 2.76. The number of pyridine rings is 1. The number of aromatic nitrogens is 1. The number of halogens is 1. The predicted molar refractivity (Wildman–Crippen MR) is 74.6 cm³/mol. The molecule has 5 nitrogen and oxygen atoms in total. The van der Waals surface area contributed by atoms with Crippen molar-refractivity contribution in [2.75, 3.05) is 13.7 Å². The predicted octanol–water partition coefficient (Wildman–Crippen LogP) is 2.89. The fraction of sp³-hybridized carbons (Fsp3) is 0.214. The van der Waals surface area contributed by atoms with Crippen LogP contribution < -0.4 is 4.74 Å². The van der Waals surface area contributed by atoms with E-state index in [0.717, 1.165) is 0 Å². The fourth-order valence-corrected chi connectivity index (χ4v) is 2.15. The summed E-state index contributed by atoms with van der Waals surface area (Å²) in [6, 6.07) is 5.13. The number of methoxy groups -OCH3 is 1. The summed E-state index contributed by atoms with van der Waals surface area (Å²) in [6.07, 6.45) is 0.500. The van der Waals surface area contributed by atoms with Crippen LogP contribution in [-0.2, 0) is 4.74 Å². The number of carbonyl (C=O) groups is 2. The van der Waals surface area contributed by atoms with Crippen LogP contribution in [-0.4, -0.2) is 31.0 Å². The summed E-state index contributed by atoms with van der Waals surface area (Å²) < 4.78 is 10.1. The number of hydrogen-bond donors (Lipinski definition) is 0. The van der Waals surface area contributed by atoms with E-state index in [2.05, 4.69) is 4.98 Å². The van der Waals surface area contributed by atoms with Crippen molar-refractivity contribution in [3.8, 4) is 5.75 Å².